The van der Waals surface area contributed by atoms with Crippen LogP contribution in [0.1, 0.15) is 11.4 Å². The lowest BCUT2D eigenvalue weighted by atomic mass is 10.1. The first-order valence-corrected chi connectivity index (χ1v) is 6.62. The fourth-order valence-electron chi connectivity index (χ4n) is 2.23. The fourth-order valence-corrected chi connectivity index (χ4v) is 2.23. The number of methoxy groups -OCH3 is 1. The number of nitrogens with zero attached hydrogens (tertiary/aromatic N) is 1. The molecule has 5 heteroatoms. The first-order chi connectivity index (χ1) is 10.2. The number of aryl methyl sites for hydroxylation is 2. The number of aromatic nitrogens is 2. The number of halogens is 2. The van der Waals surface area contributed by atoms with E-state index >= 15 is 0 Å². The van der Waals surface area contributed by atoms with E-state index in [0.29, 0.717) is 23.3 Å². The van der Waals surface area contributed by atoms with Gasteiger partial charge in [-0.2, -0.15) is 0 Å². The van der Waals surface area contributed by atoms with Gasteiger partial charge in [-0.1, -0.05) is 12.1 Å². The van der Waals surface area contributed by atoms with Gasteiger partial charge < -0.3 is 9.72 Å². The summed E-state index contributed by atoms with van der Waals surface area (Å²) in [6, 6.07) is 10.0. The predicted octanol–water partition coefficient (Wildman–Crippen LogP) is 3.63. The maximum Gasteiger partial charge on any atom is 0.161 e. The molecule has 21 heavy (non-hydrogen) atoms. The van der Waals surface area contributed by atoms with Crippen molar-refractivity contribution in [3.05, 3.63) is 59.4 Å². The van der Waals surface area contributed by atoms with Gasteiger partial charge in [0.2, 0.25) is 0 Å². The van der Waals surface area contributed by atoms with Crippen molar-refractivity contribution in [2.24, 2.45) is 0 Å². The molecule has 3 aromatic rings. The molecule has 1 N–H and O–H groups in total. The molecule has 0 spiro atoms. The highest BCUT2D eigenvalue weighted by Crippen LogP contribution is 2.18. The van der Waals surface area contributed by atoms with Crippen molar-refractivity contribution in [2.75, 3.05) is 7.11 Å². The smallest absolute Gasteiger partial charge is 0.161 e. The van der Waals surface area contributed by atoms with E-state index < -0.39 is 11.6 Å². The molecule has 1 aromatic heterocycles. The lowest BCUT2D eigenvalue weighted by Gasteiger charge is -2.02. The summed E-state index contributed by atoms with van der Waals surface area (Å²) in [4.78, 5) is 7.29. The van der Waals surface area contributed by atoms with E-state index in [1.165, 1.54) is 0 Å². The molecular formula is C16H14F2N2O. The predicted molar refractivity (Wildman–Crippen MR) is 76.4 cm³/mol. The normalized spacial score (nSPS) is 11.0. The van der Waals surface area contributed by atoms with Gasteiger partial charge in [0.15, 0.2) is 11.6 Å². The Kier molecular flexibility index (Phi) is 3.56. The number of rotatable bonds is 4. The van der Waals surface area contributed by atoms with E-state index in [0.717, 1.165) is 29.9 Å². The molecular weight excluding hydrogens is 274 g/mol. The third-order valence-corrected chi connectivity index (χ3v) is 3.38. The quantitative estimate of drug-likeness (QED) is 0.796. The summed E-state index contributed by atoms with van der Waals surface area (Å²) in [7, 11) is 1.63. The summed E-state index contributed by atoms with van der Waals surface area (Å²) < 4.78 is 31.4. The number of fused-ring (bicyclic) bond motifs is 1. The number of nitrogens with one attached hydrogen (secondary N) is 1. The maximum atomic E-state index is 13.1. The lowest BCUT2D eigenvalue weighted by molar-refractivity contribution is 0.414. The Labute approximate surface area is 120 Å². The van der Waals surface area contributed by atoms with Crippen LogP contribution < -0.4 is 4.74 Å². The van der Waals surface area contributed by atoms with E-state index in [1.807, 2.05) is 24.3 Å². The molecule has 0 amide bonds. The van der Waals surface area contributed by atoms with Crippen LogP contribution in [0.3, 0.4) is 0 Å². The fraction of sp³-hybridized carbons (Fsp3) is 0.188. The molecule has 0 saturated heterocycles. The third-order valence-electron chi connectivity index (χ3n) is 3.38. The van der Waals surface area contributed by atoms with Crippen molar-refractivity contribution in [3.8, 4) is 5.75 Å². The van der Waals surface area contributed by atoms with Crippen molar-refractivity contribution in [1.29, 1.82) is 0 Å². The molecule has 0 atom stereocenters. The summed E-state index contributed by atoms with van der Waals surface area (Å²) in [6.45, 7) is 0. The summed E-state index contributed by atoms with van der Waals surface area (Å²) >= 11 is 0. The van der Waals surface area contributed by atoms with Crippen LogP contribution in [0.25, 0.3) is 11.0 Å². The number of hydrogen-bond acceptors (Lipinski definition) is 2. The standard InChI is InChI=1S/C16H14F2N2O/c1-21-11-5-2-10(3-6-11)4-7-16-19-14-8-12(17)13(18)9-15(14)20-16/h2-3,5-6,8-9H,4,7H2,1H3,(H,19,20). The molecule has 0 radical (unpaired) electrons. The molecule has 0 aliphatic carbocycles. The average molecular weight is 288 g/mol. The first kappa shape index (κ1) is 13.5. The Hall–Kier alpha value is -2.43. The Morgan fingerprint density at radius 2 is 1.76 bits per heavy atom. The zero-order chi connectivity index (χ0) is 14.8. The highest BCUT2D eigenvalue weighted by molar-refractivity contribution is 5.75. The summed E-state index contributed by atoms with van der Waals surface area (Å²) in [5.74, 6) is -0.220. The summed E-state index contributed by atoms with van der Waals surface area (Å²) in [6.07, 6.45) is 1.46. The van der Waals surface area contributed by atoms with E-state index in [-0.39, 0.29) is 0 Å². The number of hydrogen-bond donors (Lipinski definition) is 1. The largest absolute Gasteiger partial charge is 0.497 e. The number of aromatic amines is 1. The van der Waals surface area contributed by atoms with Crippen LogP contribution in [0.15, 0.2) is 36.4 Å². The Morgan fingerprint density at radius 1 is 1.05 bits per heavy atom. The Bertz CT molecular complexity index is 727. The Morgan fingerprint density at radius 3 is 2.48 bits per heavy atom. The molecule has 0 aliphatic rings. The second-order valence-corrected chi connectivity index (χ2v) is 4.82. The zero-order valence-electron chi connectivity index (χ0n) is 11.5. The van der Waals surface area contributed by atoms with Gasteiger partial charge in [0.05, 0.1) is 18.1 Å². The molecule has 3 rings (SSSR count). The summed E-state index contributed by atoms with van der Waals surface area (Å²) in [5.41, 5.74) is 2.10. The third kappa shape index (κ3) is 2.86. The average Bonchev–Trinajstić information content (AvgIpc) is 2.88. The van der Waals surface area contributed by atoms with Crippen molar-refractivity contribution in [1.82, 2.24) is 9.97 Å². The van der Waals surface area contributed by atoms with Gasteiger partial charge in [0.25, 0.3) is 0 Å². The van der Waals surface area contributed by atoms with E-state index in [9.17, 15) is 8.78 Å². The molecule has 108 valence electrons. The second kappa shape index (κ2) is 5.52. The van der Waals surface area contributed by atoms with Crippen molar-refractivity contribution in [3.63, 3.8) is 0 Å². The molecule has 0 bridgehead atoms. The van der Waals surface area contributed by atoms with Crippen LogP contribution in [-0.4, -0.2) is 17.1 Å². The van der Waals surface area contributed by atoms with Crippen LogP contribution in [0.4, 0.5) is 8.78 Å². The monoisotopic (exact) mass is 288 g/mol. The zero-order valence-corrected chi connectivity index (χ0v) is 11.5. The topological polar surface area (TPSA) is 37.9 Å². The molecule has 0 unspecified atom stereocenters. The van der Waals surface area contributed by atoms with Crippen molar-refractivity contribution < 1.29 is 13.5 Å². The van der Waals surface area contributed by atoms with Gasteiger partial charge in [0.1, 0.15) is 11.6 Å². The van der Waals surface area contributed by atoms with Crippen LogP contribution in [0.5, 0.6) is 5.75 Å². The van der Waals surface area contributed by atoms with Gasteiger partial charge in [-0.15, -0.1) is 0 Å². The van der Waals surface area contributed by atoms with E-state index in [4.69, 9.17) is 4.74 Å². The van der Waals surface area contributed by atoms with E-state index in [2.05, 4.69) is 9.97 Å². The van der Waals surface area contributed by atoms with Crippen LogP contribution >= 0.6 is 0 Å². The number of imidazole rings is 1. The Balaban J connectivity index is 1.75. The maximum absolute atomic E-state index is 13.1. The molecule has 0 aliphatic heterocycles. The molecule has 0 saturated carbocycles. The van der Waals surface area contributed by atoms with Gasteiger partial charge in [0, 0.05) is 18.6 Å². The number of ether oxygens (including phenoxy) is 1. The highest BCUT2D eigenvalue weighted by Gasteiger charge is 2.08. The minimum absolute atomic E-state index is 0.443. The SMILES string of the molecule is COc1ccc(CCc2nc3cc(F)c(F)cc3[nH]2)cc1. The van der Waals surface area contributed by atoms with Gasteiger partial charge in [-0.05, 0) is 24.1 Å². The molecule has 0 fully saturated rings. The molecule has 1 heterocycles. The van der Waals surface area contributed by atoms with Gasteiger partial charge >= 0.3 is 0 Å². The minimum atomic E-state index is -0.879. The van der Waals surface area contributed by atoms with Crippen LogP contribution in [0, 0.1) is 11.6 Å². The summed E-state index contributed by atoms with van der Waals surface area (Å²) in [5, 5.41) is 0. The van der Waals surface area contributed by atoms with E-state index in [1.54, 1.807) is 7.11 Å². The van der Waals surface area contributed by atoms with Crippen molar-refractivity contribution >= 4 is 11.0 Å². The minimum Gasteiger partial charge on any atom is -0.497 e. The van der Waals surface area contributed by atoms with Gasteiger partial charge in [-0.25, -0.2) is 13.8 Å². The van der Waals surface area contributed by atoms with Gasteiger partial charge in [-0.3, -0.25) is 0 Å². The lowest BCUT2D eigenvalue weighted by Crippen LogP contribution is -1.93. The molecule has 2 aromatic carbocycles. The van der Waals surface area contributed by atoms with Crippen molar-refractivity contribution in [2.45, 2.75) is 12.8 Å². The van der Waals surface area contributed by atoms with Crippen LogP contribution in [-0.2, 0) is 12.8 Å². The highest BCUT2D eigenvalue weighted by atomic mass is 19.2. The second-order valence-electron chi connectivity index (χ2n) is 4.82. The molecule has 3 nitrogen and oxygen atoms in total. The first-order valence-electron chi connectivity index (χ1n) is 6.62. The van der Waals surface area contributed by atoms with Crippen LogP contribution in [0.2, 0.25) is 0 Å². The number of benzene rings is 2. The number of H-pyrrole nitrogens is 1.